The van der Waals surface area contributed by atoms with Crippen molar-refractivity contribution in [2.24, 2.45) is 0 Å². The van der Waals surface area contributed by atoms with Gasteiger partial charge >= 0.3 is 0 Å². The first-order valence-corrected chi connectivity index (χ1v) is 3.72. The van der Waals surface area contributed by atoms with Crippen molar-refractivity contribution in [3.8, 4) is 11.5 Å². The van der Waals surface area contributed by atoms with Crippen LogP contribution in [0.15, 0.2) is 24.4 Å². The number of rotatable bonds is 1. The van der Waals surface area contributed by atoms with Crippen LogP contribution in [-0.2, 0) is 0 Å². The highest BCUT2D eigenvalue weighted by Crippen LogP contribution is 2.02. The minimum absolute atomic E-state index is 0.575. The third kappa shape index (κ3) is 3.76. The van der Waals surface area contributed by atoms with E-state index in [-0.39, 0.29) is 0 Å². The first-order chi connectivity index (χ1) is 7.20. The van der Waals surface area contributed by atoms with Gasteiger partial charge in [-0.25, -0.2) is 4.98 Å². The predicted molar refractivity (Wildman–Crippen MR) is 46.5 cm³/mol. The smallest absolute Gasteiger partial charge is 0.268 e. The summed E-state index contributed by atoms with van der Waals surface area (Å²) < 4.78 is 0. The normalized spacial score (nSPS) is 8.80. The summed E-state index contributed by atoms with van der Waals surface area (Å²) in [6, 6.07) is 5.68. The molecular formula is C6H6N6O3. The zero-order valence-electron chi connectivity index (χ0n) is 7.32. The molecular weight excluding hydrogens is 204 g/mol. The summed E-state index contributed by atoms with van der Waals surface area (Å²) in [5.41, 5.74) is 0.848. The number of aromatic amines is 2. The monoisotopic (exact) mass is 210 g/mol. The van der Waals surface area contributed by atoms with Gasteiger partial charge in [-0.05, 0) is 11.3 Å². The molecule has 0 atom stereocenters. The SMILES string of the molecule is O=[N+]([O-])[O-].c1ccc(-c2nn[nH]n2)[nH+]c1. The molecule has 0 spiro atoms. The predicted octanol–water partition coefficient (Wildman–Crippen LogP) is -0.558. The standard InChI is InChI=1S/C6H5N5.NO3/c1-2-4-7-5(3-1)6-8-10-11-9-6;2-1(3)4/h1-4H,(H,8,9,10,11);/q;-1/p+1. The van der Waals surface area contributed by atoms with E-state index in [1.54, 1.807) is 0 Å². The van der Waals surface area contributed by atoms with E-state index in [0.29, 0.717) is 5.82 Å². The summed E-state index contributed by atoms with van der Waals surface area (Å²) in [6.45, 7) is 0. The third-order valence-corrected chi connectivity index (χ3v) is 1.30. The van der Waals surface area contributed by atoms with Gasteiger partial charge < -0.3 is 15.3 Å². The lowest BCUT2D eigenvalue weighted by molar-refractivity contribution is -0.402. The molecule has 0 aliphatic carbocycles. The highest BCUT2D eigenvalue weighted by molar-refractivity contribution is 5.41. The summed E-state index contributed by atoms with van der Waals surface area (Å²) in [5, 5.41) is 28.2. The maximum Gasteiger partial charge on any atom is 0.268 e. The molecule has 0 amide bonds. The fraction of sp³-hybridized carbons (Fsp3) is 0. The average Bonchev–Trinajstić information content (AvgIpc) is 2.71. The van der Waals surface area contributed by atoms with Gasteiger partial charge in [0.15, 0.2) is 6.20 Å². The summed E-state index contributed by atoms with van der Waals surface area (Å²) >= 11 is 0. The highest BCUT2D eigenvalue weighted by Gasteiger charge is 2.06. The molecule has 78 valence electrons. The molecule has 0 aliphatic heterocycles. The van der Waals surface area contributed by atoms with Gasteiger partial charge in [0.05, 0.1) is 5.09 Å². The van der Waals surface area contributed by atoms with Gasteiger partial charge in [0.25, 0.3) is 11.5 Å². The minimum atomic E-state index is -1.75. The van der Waals surface area contributed by atoms with Crippen molar-refractivity contribution in [3.05, 3.63) is 39.7 Å². The molecule has 0 saturated carbocycles. The second-order valence-electron chi connectivity index (χ2n) is 2.24. The van der Waals surface area contributed by atoms with Gasteiger partial charge in [-0.15, -0.1) is 10.2 Å². The lowest BCUT2D eigenvalue weighted by Crippen LogP contribution is -2.05. The van der Waals surface area contributed by atoms with Crippen molar-refractivity contribution in [3.63, 3.8) is 0 Å². The Morgan fingerprint density at radius 2 is 2.13 bits per heavy atom. The van der Waals surface area contributed by atoms with Crippen molar-refractivity contribution in [1.82, 2.24) is 20.6 Å². The van der Waals surface area contributed by atoms with Crippen molar-refractivity contribution >= 4 is 0 Å². The van der Waals surface area contributed by atoms with Crippen molar-refractivity contribution < 1.29 is 10.1 Å². The van der Waals surface area contributed by atoms with Gasteiger partial charge in [-0.3, -0.25) is 0 Å². The van der Waals surface area contributed by atoms with Crippen molar-refractivity contribution in [2.45, 2.75) is 0 Å². The Labute approximate surface area is 82.9 Å². The summed E-state index contributed by atoms with van der Waals surface area (Å²) in [4.78, 5) is 11.2. The van der Waals surface area contributed by atoms with E-state index in [2.05, 4.69) is 25.6 Å². The molecule has 0 aromatic carbocycles. The Balaban J connectivity index is 0.000000245. The van der Waals surface area contributed by atoms with Crippen LogP contribution in [0.4, 0.5) is 0 Å². The Morgan fingerprint density at radius 3 is 2.60 bits per heavy atom. The van der Waals surface area contributed by atoms with Crippen LogP contribution in [0.1, 0.15) is 0 Å². The Kier molecular flexibility index (Phi) is 3.65. The topological polar surface area (TPSA) is 135 Å². The maximum absolute atomic E-state index is 8.25. The fourth-order valence-corrected chi connectivity index (χ4v) is 0.808. The van der Waals surface area contributed by atoms with Gasteiger partial charge in [-0.2, -0.15) is 5.21 Å². The second kappa shape index (κ2) is 5.21. The van der Waals surface area contributed by atoms with E-state index in [0.717, 1.165) is 5.69 Å². The lowest BCUT2D eigenvalue weighted by atomic mass is 10.3. The lowest BCUT2D eigenvalue weighted by Gasteiger charge is -1.81. The fourth-order valence-electron chi connectivity index (χ4n) is 0.808. The highest BCUT2D eigenvalue weighted by atomic mass is 16.9. The number of H-pyrrole nitrogens is 2. The molecule has 2 aromatic heterocycles. The second-order valence-corrected chi connectivity index (χ2v) is 2.24. The summed E-state index contributed by atoms with van der Waals surface area (Å²) in [5.74, 6) is 0.575. The quantitative estimate of drug-likeness (QED) is 0.495. The van der Waals surface area contributed by atoms with Crippen LogP contribution in [0, 0.1) is 15.3 Å². The van der Waals surface area contributed by atoms with E-state index < -0.39 is 5.09 Å². The van der Waals surface area contributed by atoms with Gasteiger partial charge in [-0.1, -0.05) is 0 Å². The van der Waals surface area contributed by atoms with Crippen LogP contribution < -0.4 is 4.98 Å². The van der Waals surface area contributed by atoms with Crippen LogP contribution in [0.5, 0.6) is 0 Å². The molecule has 2 heterocycles. The first kappa shape index (κ1) is 10.5. The Hall–Kier alpha value is -2.58. The molecule has 2 aromatic rings. The molecule has 0 aliphatic rings. The number of tetrazole rings is 1. The molecule has 0 radical (unpaired) electrons. The zero-order chi connectivity index (χ0) is 11.1. The molecule has 0 bridgehead atoms. The van der Waals surface area contributed by atoms with Crippen LogP contribution >= 0.6 is 0 Å². The van der Waals surface area contributed by atoms with Crippen molar-refractivity contribution in [2.75, 3.05) is 0 Å². The number of nitrogens with zero attached hydrogens (tertiary/aromatic N) is 4. The van der Waals surface area contributed by atoms with Crippen LogP contribution in [0.2, 0.25) is 0 Å². The molecule has 15 heavy (non-hydrogen) atoms. The number of hydrogen-bond donors (Lipinski definition) is 1. The number of aromatic nitrogens is 5. The van der Waals surface area contributed by atoms with Gasteiger partial charge in [0.2, 0.25) is 0 Å². The molecule has 9 heteroatoms. The van der Waals surface area contributed by atoms with E-state index >= 15 is 0 Å². The summed E-state index contributed by atoms with van der Waals surface area (Å²) in [6.07, 6.45) is 1.81. The Bertz CT molecular complexity index is 398. The van der Waals surface area contributed by atoms with E-state index in [9.17, 15) is 0 Å². The van der Waals surface area contributed by atoms with Crippen molar-refractivity contribution in [1.29, 1.82) is 0 Å². The third-order valence-electron chi connectivity index (χ3n) is 1.30. The first-order valence-electron chi connectivity index (χ1n) is 3.72. The van der Waals surface area contributed by atoms with E-state index in [4.69, 9.17) is 15.3 Å². The van der Waals surface area contributed by atoms with E-state index in [1.165, 1.54) is 0 Å². The average molecular weight is 210 g/mol. The minimum Gasteiger partial charge on any atom is -0.356 e. The molecule has 0 fully saturated rings. The van der Waals surface area contributed by atoms with Crippen LogP contribution in [-0.4, -0.2) is 25.7 Å². The molecule has 0 saturated heterocycles. The number of pyridine rings is 1. The molecule has 2 N–H and O–H groups in total. The number of nitrogens with one attached hydrogen (secondary N) is 2. The largest absolute Gasteiger partial charge is 0.356 e. The molecule has 9 nitrogen and oxygen atoms in total. The van der Waals surface area contributed by atoms with E-state index in [1.807, 2.05) is 24.4 Å². The number of hydrogen-bond acceptors (Lipinski definition) is 6. The van der Waals surface area contributed by atoms with Gasteiger partial charge in [0, 0.05) is 12.1 Å². The molecule has 0 unspecified atom stereocenters. The summed E-state index contributed by atoms with van der Waals surface area (Å²) in [7, 11) is 0. The van der Waals surface area contributed by atoms with Gasteiger partial charge in [0.1, 0.15) is 0 Å². The maximum atomic E-state index is 8.25. The zero-order valence-corrected chi connectivity index (χ0v) is 7.32. The van der Waals surface area contributed by atoms with Crippen LogP contribution in [0.25, 0.3) is 11.5 Å². The molecule has 2 rings (SSSR count). The van der Waals surface area contributed by atoms with Crippen LogP contribution in [0.3, 0.4) is 0 Å². The Morgan fingerprint density at radius 1 is 1.40 bits per heavy atom.